The molecule has 1 aromatic carbocycles. The molecule has 106 valence electrons. The molecule has 3 aromatic rings. The van der Waals surface area contributed by atoms with E-state index in [1.165, 1.54) is 0 Å². The van der Waals surface area contributed by atoms with Crippen molar-refractivity contribution >= 4 is 21.5 Å². The molecule has 0 aliphatic carbocycles. The Kier molecular flexibility index (Phi) is 2.48. The highest BCUT2D eigenvalue weighted by Gasteiger charge is 2.17. The molecule has 0 bridgehead atoms. The van der Waals surface area contributed by atoms with E-state index in [2.05, 4.69) is 4.84 Å². The number of fused-ring (bicyclic) bond motifs is 2. The second-order valence-corrected chi connectivity index (χ2v) is 4.25. The minimum atomic E-state index is -1.14. The van der Waals surface area contributed by atoms with E-state index in [1.54, 1.807) is 0 Å². The lowest BCUT2D eigenvalue weighted by Crippen LogP contribution is -2.27. The molecule has 0 radical (unpaired) electrons. The van der Waals surface area contributed by atoms with Crippen LogP contribution in [-0.4, -0.2) is 14.6 Å². The predicted octanol–water partition coefficient (Wildman–Crippen LogP) is -1.40. The van der Waals surface area contributed by atoms with Crippen molar-refractivity contribution in [2.75, 3.05) is 0 Å². The molecule has 21 heavy (non-hydrogen) atoms. The van der Waals surface area contributed by atoms with Crippen LogP contribution in [-0.2, 0) is 11.6 Å². The van der Waals surface area contributed by atoms with Crippen LogP contribution in [0, 0.1) is 10.1 Å². The fraction of sp³-hybridized carbons (Fsp3) is 0.0909. The highest BCUT2D eigenvalue weighted by Crippen LogP contribution is 2.13. The Morgan fingerprint density at radius 2 is 1.48 bits per heavy atom. The van der Waals surface area contributed by atoms with Crippen molar-refractivity contribution in [3.8, 4) is 0 Å². The van der Waals surface area contributed by atoms with Crippen molar-refractivity contribution in [1.82, 2.24) is 9.55 Å². The molecule has 0 saturated carbocycles. The van der Waals surface area contributed by atoms with Crippen LogP contribution in [0.2, 0.25) is 0 Å². The van der Waals surface area contributed by atoms with Gasteiger partial charge in [-0.1, -0.05) is 0 Å². The lowest BCUT2D eigenvalue weighted by molar-refractivity contribution is -0.767. The quantitative estimate of drug-likeness (QED) is 0.462. The first-order valence-corrected chi connectivity index (χ1v) is 5.57. The van der Waals surface area contributed by atoms with E-state index in [9.17, 15) is 29.3 Å². The van der Waals surface area contributed by atoms with Gasteiger partial charge in [0, 0.05) is 0 Å². The molecule has 2 aromatic heterocycles. The fourth-order valence-corrected chi connectivity index (χ4v) is 2.17. The van der Waals surface area contributed by atoms with Crippen molar-refractivity contribution in [3.63, 3.8) is 0 Å². The van der Waals surface area contributed by atoms with Gasteiger partial charge >= 0.3 is 0 Å². The topological polar surface area (TPSA) is 141 Å². The maximum absolute atomic E-state index is 12.0. The van der Waals surface area contributed by atoms with Crippen molar-refractivity contribution in [2.24, 2.45) is 0 Å². The van der Waals surface area contributed by atoms with Gasteiger partial charge in [-0.2, -0.15) is 0 Å². The fourth-order valence-electron chi connectivity index (χ4n) is 2.17. The van der Waals surface area contributed by atoms with E-state index in [0.29, 0.717) is 4.57 Å². The second kappa shape index (κ2) is 4.10. The Balaban J connectivity index is 2.37. The van der Waals surface area contributed by atoms with Crippen LogP contribution in [0.5, 0.6) is 0 Å². The third kappa shape index (κ3) is 1.73. The molecule has 0 spiro atoms. The second-order valence-electron chi connectivity index (χ2n) is 4.25. The molecule has 3 rings (SSSR count). The van der Waals surface area contributed by atoms with Gasteiger partial charge in [0.05, 0.1) is 21.5 Å². The Morgan fingerprint density at radius 3 is 1.90 bits per heavy atom. The number of hydrogen-bond acceptors (Lipinski definition) is 7. The Labute approximate surface area is 112 Å². The number of aromatic nitrogens is 2. The summed E-state index contributed by atoms with van der Waals surface area (Å²) in [5, 5.41) is 8.75. The van der Waals surface area contributed by atoms with E-state index >= 15 is 0 Å². The van der Waals surface area contributed by atoms with E-state index in [-0.39, 0.29) is 21.5 Å². The van der Waals surface area contributed by atoms with Crippen LogP contribution in [0.15, 0.2) is 31.3 Å². The lowest BCUT2D eigenvalue weighted by atomic mass is 10.1. The van der Waals surface area contributed by atoms with Gasteiger partial charge < -0.3 is 0 Å². The molecule has 0 amide bonds. The molecule has 2 heterocycles. The molecule has 0 saturated heterocycles. The largest absolute Gasteiger partial charge is 0.296 e. The van der Waals surface area contributed by atoms with Crippen LogP contribution in [0.1, 0.15) is 0 Å². The average molecular weight is 291 g/mol. The number of benzene rings is 1. The Bertz CT molecular complexity index is 1020. The first kappa shape index (κ1) is 12.7. The van der Waals surface area contributed by atoms with Gasteiger partial charge in [0.2, 0.25) is 0 Å². The third-order valence-electron chi connectivity index (χ3n) is 3.12. The summed E-state index contributed by atoms with van der Waals surface area (Å²) in [6.45, 7) is -0.857. The first-order chi connectivity index (χ1) is 9.90. The molecule has 0 atom stereocenters. The van der Waals surface area contributed by atoms with Gasteiger partial charge in [0.15, 0.2) is 6.73 Å². The summed E-state index contributed by atoms with van der Waals surface area (Å²) < 4.78 is 0.519. The van der Waals surface area contributed by atoms with Gasteiger partial charge in [-0.3, -0.25) is 29.0 Å². The molecule has 10 nitrogen and oxygen atoms in total. The number of H-pyrrole nitrogens is 1. The van der Waals surface area contributed by atoms with Crippen LogP contribution in [0.25, 0.3) is 21.5 Å². The normalized spacial score (nSPS) is 11.2. The van der Waals surface area contributed by atoms with E-state index in [4.69, 9.17) is 0 Å². The number of nitrogens with one attached hydrogen (secondary N) is 1. The molecule has 1 N–H and O–H groups in total. The van der Waals surface area contributed by atoms with Crippen LogP contribution in [0.4, 0.5) is 0 Å². The molecule has 0 fully saturated rings. The van der Waals surface area contributed by atoms with Crippen LogP contribution in [0.3, 0.4) is 0 Å². The maximum Gasteiger partial charge on any atom is 0.296 e. The van der Waals surface area contributed by atoms with Gasteiger partial charge in [-0.25, -0.2) is 4.57 Å². The molecule has 0 aliphatic heterocycles. The monoisotopic (exact) mass is 291 g/mol. The highest BCUT2D eigenvalue weighted by molar-refractivity contribution is 5.97. The minimum absolute atomic E-state index is 0.0167. The van der Waals surface area contributed by atoms with Crippen molar-refractivity contribution in [3.05, 3.63) is 63.7 Å². The summed E-state index contributed by atoms with van der Waals surface area (Å²) in [5.74, 6) is 0. The van der Waals surface area contributed by atoms with Crippen molar-refractivity contribution in [2.45, 2.75) is 6.73 Å². The van der Waals surface area contributed by atoms with Gasteiger partial charge in [-0.05, 0) is 12.1 Å². The highest BCUT2D eigenvalue weighted by atomic mass is 17.0. The van der Waals surface area contributed by atoms with E-state index in [0.717, 1.165) is 12.1 Å². The Morgan fingerprint density at radius 1 is 1.00 bits per heavy atom. The number of aromatic amines is 1. The van der Waals surface area contributed by atoms with E-state index < -0.39 is 34.1 Å². The summed E-state index contributed by atoms with van der Waals surface area (Å²) in [6, 6.07) is 2.24. The van der Waals surface area contributed by atoms with Gasteiger partial charge in [-0.15, -0.1) is 10.1 Å². The van der Waals surface area contributed by atoms with Gasteiger partial charge in [0.25, 0.3) is 27.3 Å². The lowest BCUT2D eigenvalue weighted by Gasteiger charge is -1.96. The Hall–Kier alpha value is -3.30. The smallest absolute Gasteiger partial charge is 0.292 e. The zero-order valence-corrected chi connectivity index (χ0v) is 10.1. The summed E-state index contributed by atoms with van der Waals surface area (Å²) >= 11 is 0. The van der Waals surface area contributed by atoms with Gasteiger partial charge in [0.1, 0.15) is 0 Å². The van der Waals surface area contributed by atoms with Crippen LogP contribution >= 0.6 is 0 Å². The molecular formula is C11H5N3O7. The SMILES string of the molecule is O=c1[nH]c(=O)c2cc3c(=O)n(CO[N+](=O)[O-])c(=O)c3cc12. The molecule has 10 heteroatoms. The minimum Gasteiger partial charge on any atom is -0.292 e. The first-order valence-electron chi connectivity index (χ1n) is 5.57. The van der Waals surface area contributed by atoms with Crippen molar-refractivity contribution in [1.29, 1.82) is 0 Å². The number of nitrogens with zero attached hydrogens (tertiary/aromatic N) is 2. The summed E-state index contributed by atoms with van der Waals surface area (Å²) in [6.07, 6.45) is 0. The zero-order chi connectivity index (χ0) is 15.3. The average Bonchev–Trinajstić information content (AvgIpc) is 2.83. The number of hydrogen-bond donors (Lipinski definition) is 1. The zero-order valence-electron chi connectivity index (χ0n) is 10.1. The molecular weight excluding hydrogens is 286 g/mol. The maximum atomic E-state index is 12.0. The summed E-state index contributed by atoms with van der Waals surface area (Å²) in [4.78, 5) is 63.2. The molecule has 0 aliphatic rings. The predicted molar refractivity (Wildman–Crippen MR) is 69.3 cm³/mol. The van der Waals surface area contributed by atoms with E-state index in [1.807, 2.05) is 4.98 Å². The third-order valence-corrected chi connectivity index (χ3v) is 3.12. The van der Waals surface area contributed by atoms with Crippen LogP contribution < -0.4 is 22.2 Å². The molecule has 0 unspecified atom stereocenters. The van der Waals surface area contributed by atoms with Crippen molar-refractivity contribution < 1.29 is 9.92 Å². The number of rotatable bonds is 3. The summed E-state index contributed by atoms with van der Waals surface area (Å²) in [5.41, 5.74) is -2.99. The standard InChI is InChI=1S/C11H5N3O7/c15-8-4-1-6-7(2-5(4)9(16)12-8)11(18)13(10(6)17)3-21-14(19)20/h1-2H,3H2,(H,12,15,16). The summed E-state index contributed by atoms with van der Waals surface area (Å²) in [7, 11) is 0.